The molecular weight excluding hydrogens is 276 g/mol. The Bertz CT molecular complexity index is 562. The fourth-order valence-electron chi connectivity index (χ4n) is 2.71. The molecule has 3 rings (SSSR count). The van der Waals surface area contributed by atoms with Gasteiger partial charge in [-0.15, -0.1) is 11.6 Å². The summed E-state index contributed by atoms with van der Waals surface area (Å²) in [5.41, 5.74) is 0.977. The molecule has 1 aromatic heterocycles. The smallest absolute Gasteiger partial charge is 0.244 e. The Hall–Kier alpha value is -1.39. The summed E-state index contributed by atoms with van der Waals surface area (Å²) >= 11 is 6.03. The van der Waals surface area contributed by atoms with Crippen molar-refractivity contribution in [3.05, 3.63) is 47.6 Å². The van der Waals surface area contributed by atoms with E-state index in [4.69, 9.17) is 20.9 Å². The number of halogens is 1. The molecule has 1 aromatic carbocycles. The Morgan fingerprint density at radius 3 is 2.50 bits per heavy atom. The van der Waals surface area contributed by atoms with E-state index in [-0.39, 0.29) is 10.8 Å². The summed E-state index contributed by atoms with van der Waals surface area (Å²) in [4.78, 5) is 4.52. The minimum Gasteiger partial charge on any atom is -0.381 e. The number of nitrogens with zero attached hydrogens (tertiary/aromatic N) is 2. The molecule has 20 heavy (non-hydrogen) atoms. The summed E-state index contributed by atoms with van der Waals surface area (Å²) < 4.78 is 10.8. The quantitative estimate of drug-likeness (QED) is 0.813. The summed E-state index contributed by atoms with van der Waals surface area (Å²) in [6, 6.07) is 10.3. The third kappa shape index (κ3) is 2.34. The van der Waals surface area contributed by atoms with Crippen LogP contribution in [0.4, 0.5) is 0 Å². The molecule has 2 aromatic rings. The Morgan fingerprint density at radius 2 is 1.90 bits per heavy atom. The van der Waals surface area contributed by atoms with Crippen molar-refractivity contribution < 1.29 is 9.26 Å². The molecule has 1 saturated heterocycles. The van der Waals surface area contributed by atoms with Crippen LogP contribution >= 0.6 is 11.6 Å². The third-order valence-electron chi connectivity index (χ3n) is 3.88. The number of hydrogen-bond acceptors (Lipinski definition) is 4. The SMILES string of the molecule is CC(Cl)c1nc(C2(c3ccccc3)CCOCC2)no1. The number of alkyl halides is 1. The van der Waals surface area contributed by atoms with Crippen LogP contribution < -0.4 is 0 Å². The molecule has 106 valence electrons. The molecule has 0 saturated carbocycles. The molecule has 1 aliphatic rings. The van der Waals surface area contributed by atoms with Crippen molar-refractivity contribution >= 4 is 11.6 Å². The topological polar surface area (TPSA) is 48.2 Å². The van der Waals surface area contributed by atoms with Gasteiger partial charge in [-0.2, -0.15) is 4.98 Å². The molecule has 0 aliphatic carbocycles. The van der Waals surface area contributed by atoms with Gasteiger partial charge in [0, 0.05) is 13.2 Å². The molecule has 1 aliphatic heterocycles. The van der Waals surface area contributed by atoms with E-state index in [0.29, 0.717) is 19.1 Å². The second-order valence-corrected chi connectivity index (χ2v) is 5.79. The number of ether oxygens (including phenoxy) is 1. The lowest BCUT2D eigenvalue weighted by Crippen LogP contribution is -2.36. The zero-order valence-electron chi connectivity index (χ0n) is 11.4. The van der Waals surface area contributed by atoms with E-state index in [1.54, 1.807) is 0 Å². The molecule has 1 unspecified atom stereocenters. The van der Waals surface area contributed by atoms with Gasteiger partial charge in [-0.05, 0) is 25.3 Å². The van der Waals surface area contributed by atoms with Crippen LogP contribution in [0.3, 0.4) is 0 Å². The minimum absolute atomic E-state index is 0.229. The van der Waals surface area contributed by atoms with Gasteiger partial charge >= 0.3 is 0 Å². The highest BCUT2D eigenvalue weighted by molar-refractivity contribution is 6.20. The Kier molecular flexibility index (Phi) is 3.76. The average molecular weight is 293 g/mol. The van der Waals surface area contributed by atoms with Gasteiger partial charge in [0.05, 0.1) is 5.41 Å². The fourth-order valence-corrected chi connectivity index (χ4v) is 2.80. The van der Waals surface area contributed by atoms with Gasteiger partial charge in [0.1, 0.15) is 5.38 Å². The van der Waals surface area contributed by atoms with Gasteiger partial charge in [-0.25, -0.2) is 0 Å². The van der Waals surface area contributed by atoms with Gasteiger partial charge in [0.2, 0.25) is 5.89 Å². The first-order valence-corrected chi connectivity index (χ1v) is 7.27. The van der Waals surface area contributed by atoms with Crippen LogP contribution in [0, 0.1) is 0 Å². The molecule has 1 atom stereocenters. The summed E-state index contributed by atoms with van der Waals surface area (Å²) in [6.07, 6.45) is 1.71. The first-order valence-electron chi connectivity index (χ1n) is 6.84. The summed E-state index contributed by atoms with van der Waals surface area (Å²) in [6.45, 7) is 3.24. The van der Waals surface area contributed by atoms with E-state index in [9.17, 15) is 0 Å². The average Bonchev–Trinajstić information content (AvgIpc) is 2.99. The second-order valence-electron chi connectivity index (χ2n) is 5.13. The Balaban J connectivity index is 2.05. The zero-order valence-corrected chi connectivity index (χ0v) is 12.1. The van der Waals surface area contributed by atoms with Gasteiger partial charge in [-0.3, -0.25) is 0 Å². The second kappa shape index (κ2) is 5.54. The molecule has 2 heterocycles. The maximum absolute atomic E-state index is 6.03. The largest absolute Gasteiger partial charge is 0.381 e. The minimum atomic E-state index is -0.274. The van der Waals surface area contributed by atoms with Gasteiger partial charge < -0.3 is 9.26 Å². The lowest BCUT2D eigenvalue weighted by atomic mass is 9.73. The van der Waals surface area contributed by atoms with Crippen molar-refractivity contribution in [1.82, 2.24) is 10.1 Å². The van der Waals surface area contributed by atoms with Crippen LogP contribution in [0.25, 0.3) is 0 Å². The highest BCUT2D eigenvalue weighted by atomic mass is 35.5. The predicted octanol–water partition coefficient (Wildman–Crippen LogP) is 3.47. The lowest BCUT2D eigenvalue weighted by molar-refractivity contribution is 0.0597. The Labute approximate surface area is 123 Å². The molecule has 0 amide bonds. The van der Waals surface area contributed by atoms with Crippen molar-refractivity contribution in [2.24, 2.45) is 0 Å². The number of benzene rings is 1. The molecule has 0 radical (unpaired) electrons. The van der Waals surface area contributed by atoms with Crippen LogP contribution in [0.15, 0.2) is 34.9 Å². The summed E-state index contributed by atoms with van der Waals surface area (Å²) in [5.74, 6) is 1.19. The monoisotopic (exact) mass is 292 g/mol. The molecule has 4 nitrogen and oxygen atoms in total. The third-order valence-corrected chi connectivity index (χ3v) is 4.07. The molecule has 0 spiro atoms. The van der Waals surface area contributed by atoms with Crippen molar-refractivity contribution in [3.8, 4) is 0 Å². The number of hydrogen-bond donors (Lipinski definition) is 0. The van der Waals surface area contributed by atoms with Gasteiger partial charge in [0.25, 0.3) is 0 Å². The normalized spacial score (nSPS) is 19.7. The van der Waals surface area contributed by atoms with Crippen molar-refractivity contribution in [3.63, 3.8) is 0 Å². The van der Waals surface area contributed by atoms with Crippen molar-refractivity contribution in [1.29, 1.82) is 0 Å². The van der Waals surface area contributed by atoms with E-state index in [1.165, 1.54) is 5.56 Å². The molecule has 1 fully saturated rings. The fraction of sp³-hybridized carbons (Fsp3) is 0.467. The molecular formula is C15H17ClN2O2. The predicted molar refractivity (Wildman–Crippen MR) is 75.8 cm³/mol. The van der Waals surface area contributed by atoms with E-state index in [1.807, 2.05) is 25.1 Å². The standard InChI is InChI=1S/C15H17ClN2O2/c1-11(16)13-17-14(18-20-13)15(7-9-19-10-8-15)12-5-3-2-4-6-12/h2-6,11H,7-10H2,1H3. The van der Waals surface area contributed by atoms with E-state index < -0.39 is 0 Å². The summed E-state index contributed by atoms with van der Waals surface area (Å²) in [7, 11) is 0. The van der Waals surface area contributed by atoms with Crippen LogP contribution in [-0.2, 0) is 10.2 Å². The van der Waals surface area contributed by atoms with Gasteiger partial charge in [0.15, 0.2) is 5.82 Å². The molecule has 0 N–H and O–H groups in total. The van der Waals surface area contributed by atoms with Crippen LogP contribution in [0.5, 0.6) is 0 Å². The molecule has 0 bridgehead atoms. The van der Waals surface area contributed by atoms with Crippen LogP contribution in [0.1, 0.15) is 42.4 Å². The lowest BCUT2D eigenvalue weighted by Gasteiger charge is -2.34. The highest BCUT2D eigenvalue weighted by Crippen LogP contribution is 2.40. The highest BCUT2D eigenvalue weighted by Gasteiger charge is 2.40. The van der Waals surface area contributed by atoms with Crippen LogP contribution in [0.2, 0.25) is 0 Å². The Morgan fingerprint density at radius 1 is 1.20 bits per heavy atom. The number of rotatable bonds is 3. The number of aromatic nitrogens is 2. The summed E-state index contributed by atoms with van der Waals surface area (Å²) in [5, 5.41) is 3.91. The van der Waals surface area contributed by atoms with Crippen molar-refractivity contribution in [2.45, 2.75) is 30.6 Å². The van der Waals surface area contributed by atoms with E-state index in [0.717, 1.165) is 18.7 Å². The maximum Gasteiger partial charge on any atom is 0.244 e. The first-order chi connectivity index (χ1) is 9.72. The molecule has 5 heteroatoms. The van der Waals surface area contributed by atoms with Gasteiger partial charge in [-0.1, -0.05) is 35.5 Å². The first kappa shape index (κ1) is 13.6. The van der Waals surface area contributed by atoms with Crippen molar-refractivity contribution in [2.75, 3.05) is 13.2 Å². The van der Waals surface area contributed by atoms with E-state index in [2.05, 4.69) is 22.3 Å². The van der Waals surface area contributed by atoms with Crippen LogP contribution in [-0.4, -0.2) is 23.4 Å². The maximum atomic E-state index is 6.03. The van der Waals surface area contributed by atoms with E-state index >= 15 is 0 Å². The zero-order chi connectivity index (χ0) is 14.0.